The van der Waals surface area contributed by atoms with Crippen molar-refractivity contribution in [1.82, 2.24) is 30.1 Å². The van der Waals surface area contributed by atoms with Crippen LogP contribution in [0, 0.1) is 0 Å². The van der Waals surface area contributed by atoms with E-state index in [9.17, 15) is 0 Å². The van der Waals surface area contributed by atoms with Crippen molar-refractivity contribution in [3.05, 3.63) is 65.2 Å². The van der Waals surface area contributed by atoms with Crippen LogP contribution in [0.2, 0.25) is 5.15 Å². The first kappa shape index (κ1) is 15.6. The molecule has 2 aromatic heterocycles. The van der Waals surface area contributed by atoms with Crippen LogP contribution in [0.1, 0.15) is 24.4 Å². The van der Waals surface area contributed by atoms with E-state index in [1.807, 2.05) is 43.4 Å². The summed E-state index contributed by atoms with van der Waals surface area (Å²) in [5.74, 6) is 0.792. The molecule has 0 aliphatic heterocycles. The first-order chi connectivity index (χ1) is 11.1. The lowest BCUT2D eigenvalue weighted by molar-refractivity contribution is 0.240. The monoisotopic (exact) mass is 328 g/mol. The highest BCUT2D eigenvalue weighted by Crippen LogP contribution is 2.20. The Morgan fingerprint density at radius 1 is 1.17 bits per heavy atom. The Bertz CT molecular complexity index is 756. The third-order valence-electron chi connectivity index (χ3n) is 3.75. The summed E-state index contributed by atoms with van der Waals surface area (Å²) in [6.07, 6.45) is 1.78. The van der Waals surface area contributed by atoms with E-state index in [-0.39, 0.29) is 6.04 Å². The lowest BCUT2D eigenvalue weighted by Crippen LogP contribution is -2.24. The molecular formula is C16H17ClN6. The molecule has 1 atom stereocenters. The number of halogens is 1. The second-order valence-corrected chi connectivity index (χ2v) is 5.75. The molecule has 0 unspecified atom stereocenters. The molecule has 0 aliphatic rings. The number of hydrogen-bond donors (Lipinski definition) is 0. The summed E-state index contributed by atoms with van der Waals surface area (Å²) in [5.41, 5.74) is 2.03. The number of hydrogen-bond acceptors (Lipinski definition) is 5. The van der Waals surface area contributed by atoms with Crippen molar-refractivity contribution >= 4 is 11.6 Å². The van der Waals surface area contributed by atoms with Gasteiger partial charge in [0.05, 0.1) is 11.7 Å². The van der Waals surface area contributed by atoms with Crippen LogP contribution in [0.5, 0.6) is 0 Å². The van der Waals surface area contributed by atoms with E-state index in [4.69, 9.17) is 11.6 Å². The van der Waals surface area contributed by atoms with Crippen molar-refractivity contribution in [2.75, 3.05) is 7.05 Å². The largest absolute Gasteiger partial charge is 0.292 e. The highest BCUT2D eigenvalue weighted by molar-refractivity contribution is 6.29. The first-order valence-electron chi connectivity index (χ1n) is 7.29. The number of pyridine rings is 1. The van der Waals surface area contributed by atoms with Crippen molar-refractivity contribution in [2.24, 2.45) is 0 Å². The van der Waals surface area contributed by atoms with Crippen molar-refractivity contribution in [3.63, 3.8) is 0 Å². The Balaban J connectivity index is 1.79. The number of tetrazole rings is 1. The van der Waals surface area contributed by atoms with Crippen LogP contribution < -0.4 is 0 Å². The van der Waals surface area contributed by atoms with Crippen LogP contribution in [-0.2, 0) is 6.54 Å². The fourth-order valence-corrected chi connectivity index (χ4v) is 2.44. The molecule has 2 heterocycles. The second-order valence-electron chi connectivity index (χ2n) is 5.36. The predicted molar refractivity (Wildman–Crippen MR) is 88.3 cm³/mol. The molecule has 118 valence electrons. The molecule has 0 bridgehead atoms. The Kier molecular flexibility index (Phi) is 4.64. The van der Waals surface area contributed by atoms with Gasteiger partial charge in [-0.05, 0) is 48.2 Å². The molecule has 0 aliphatic carbocycles. The Morgan fingerprint density at radius 3 is 2.65 bits per heavy atom. The van der Waals surface area contributed by atoms with Gasteiger partial charge in [-0.2, -0.15) is 4.68 Å². The fraction of sp³-hybridized carbons (Fsp3) is 0.250. The lowest BCUT2D eigenvalue weighted by atomic mass is 10.2. The van der Waals surface area contributed by atoms with Gasteiger partial charge in [-0.1, -0.05) is 35.9 Å². The number of nitrogens with zero attached hydrogens (tertiary/aromatic N) is 6. The molecule has 6 nitrogen and oxygen atoms in total. The lowest BCUT2D eigenvalue weighted by Gasteiger charge is -2.23. The molecule has 0 saturated carbocycles. The minimum atomic E-state index is 0.0425. The van der Waals surface area contributed by atoms with Gasteiger partial charge in [-0.25, -0.2) is 4.98 Å². The summed E-state index contributed by atoms with van der Waals surface area (Å²) in [5, 5.41) is 12.6. The molecule has 3 rings (SSSR count). The average molecular weight is 329 g/mol. The SMILES string of the molecule is C[C@H](c1nnnn1-c1ccccc1)N(C)Cc1ccc(Cl)nc1. The van der Waals surface area contributed by atoms with Crippen LogP contribution in [0.25, 0.3) is 5.69 Å². The number of rotatable bonds is 5. The van der Waals surface area contributed by atoms with Crippen LogP contribution >= 0.6 is 11.6 Å². The van der Waals surface area contributed by atoms with Gasteiger partial charge >= 0.3 is 0 Å². The third-order valence-corrected chi connectivity index (χ3v) is 3.97. The quantitative estimate of drug-likeness (QED) is 0.674. The smallest absolute Gasteiger partial charge is 0.173 e. The number of aromatic nitrogens is 5. The number of benzene rings is 1. The summed E-state index contributed by atoms with van der Waals surface area (Å²) in [6, 6.07) is 13.7. The molecule has 7 heteroatoms. The van der Waals surface area contributed by atoms with E-state index >= 15 is 0 Å². The summed E-state index contributed by atoms with van der Waals surface area (Å²) in [4.78, 5) is 6.28. The zero-order valence-electron chi connectivity index (χ0n) is 13.0. The molecule has 3 aromatic rings. The standard InChI is InChI=1S/C16H17ClN6/c1-12(22(2)11-13-8-9-15(17)18-10-13)16-19-20-21-23(16)14-6-4-3-5-7-14/h3-10,12H,11H2,1-2H3/t12-/m1/s1. The summed E-state index contributed by atoms with van der Waals surface area (Å²) in [6.45, 7) is 2.81. The number of para-hydroxylation sites is 1. The topological polar surface area (TPSA) is 59.7 Å². The summed E-state index contributed by atoms with van der Waals surface area (Å²) >= 11 is 5.83. The minimum absolute atomic E-state index is 0.0425. The molecular weight excluding hydrogens is 312 g/mol. The van der Waals surface area contributed by atoms with E-state index in [1.165, 1.54) is 0 Å². The minimum Gasteiger partial charge on any atom is -0.292 e. The van der Waals surface area contributed by atoms with Crippen molar-refractivity contribution in [2.45, 2.75) is 19.5 Å². The molecule has 0 saturated heterocycles. The van der Waals surface area contributed by atoms with E-state index < -0.39 is 0 Å². The van der Waals surface area contributed by atoms with Gasteiger partial charge in [-0.3, -0.25) is 4.90 Å². The molecule has 0 spiro atoms. The normalized spacial score (nSPS) is 12.5. The van der Waals surface area contributed by atoms with Gasteiger partial charge < -0.3 is 0 Å². The van der Waals surface area contributed by atoms with Gasteiger partial charge in [0.25, 0.3) is 0 Å². The van der Waals surface area contributed by atoms with Gasteiger partial charge in [-0.15, -0.1) is 5.10 Å². The molecule has 23 heavy (non-hydrogen) atoms. The Morgan fingerprint density at radius 2 is 1.96 bits per heavy atom. The van der Waals surface area contributed by atoms with Crippen molar-refractivity contribution < 1.29 is 0 Å². The zero-order valence-corrected chi connectivity index (χ0v) is 13.7. The Labute approximate surface area is 139 Å². The first-order valence-corrected chi connectivity index (χ1v) is 7.67. The highest BCUT2D eigenvalue weighted by atomic mass is 35.5. The molecule has 0 fully saturated rings. The maximum Gasteiger partial charge on any atom is 0.173 e. The van der Waals surface area contributed by atoms with Crippen LogP contribution in [0.4, 0.5) is 0 Å². The zero-order chi connectivity index (χ0) is 16.2. The second kappa shape index (κ2) is 6.85. The van der Waals surface area contributed by atoms with Crippen LogP contribution in [0.3, 0.4) is 0 Å². The van der Waals surface area contributed by atoms with Gasteiger partial charge in [0.2, 0.25) is 0 Å². The fourth-order valence-electron chi connectivity index (χ4n) is 2.33. The van der Waals surface area contributed by atoms with Gasteiger partial charge in [0, 0.05) is 12.7 Å². The Hall–Kier alpha value is -2.31. The summed E-state index contributed by atoms with van der Waals surface area (Å²) < 4.78 is 1.77. The van der Waals surface area contributed by atoms with Crippen LogP contribution in [-0.4, -0.2) is 37.1 Å². The maximum absolute atomic E-state index is 5.83. The molecule has 0 radical (unpaired) electrons. The van der Waals surface area contributed by atoms with Crippen molar-refractivity contribution in [1.29, 1.82) is 0 Å². The molecule has 0 N–H and O–H groups in total. The average Bonchev–Trinajstić information content (AvgIpc) is 3.06. The van der Waals surface area contributed by atoms with E-state index in [0.717, 1.165) is 23.6 Å². The van der Waals surface area contributed by atoms with E-state index in [1.54, 1.807) is 16.9 Å². The molecule has 1 aromatic carbocycles. The van der Waals surface area contributed by atoms with Crippen molar-refractivity contribution in [3.8, 4) is 5.69 Å². The van der Waals surface area contributed by atoms with Gasteiger partial charge in [0.15, 0.2) is 5.82 Å². The van der Waals surface area contributed by atoms with E-state index in [0.29, 0.717) is 5.15 Å². The van der Waals surface area contributed by atoms with E-state index in [2.05, 4.69) is 32.3 Å². The summed E-state index contributed by atoms with van der Waals surface area (Å²) in [7, 11) is 2.03. The predicted octanol–water partition coefficient (Wildman–Crippen LogP) is 2.90. The highest BCUT2D eigenvalue weighted by Gasteiger charge is 2.20. The van der Waals surface area contributed by atoms with Crippen LogP contribution in [0.15, 0.2) is 48.7 Å². The van der Waals surface area contributed by atoms with Gasteiger partial charge in [0.1, 0.15) is 5.15 Å². The third kappa shape index (κ3) is 3.55. The maximum atomic E-state index is 5.83. The molecule has 0 amide bonds.